The highest BCUT2D eigenvalue weighted by Crippen LogP contribution is 2.29. The van der Waals surface area contributed by atoms with Crippen LogP contribution in [0.5, 0.6) is 11.5 Å². The zero-order valence-electron chi connectivity index (χ0n) is 17.8. The van der Waals surface area contributed by atoms with E-state index in [1.165, 1.54) is 14.0 Å². The van der Waals surface area contributed by atoms with Gasteiger partial charge in [0.2, 0.25) is 6.10 Å². The van der Waals surface area contributed by atoms with E-state index in [1.54, 1.807) is 47.4 Å². The first-order valence-corrected chi connectivity index (χ1v) is 10.3. The number of rotatable bonds is 8. The summed E-state index contributed by atoms with van der Waals surface area (Å²) in [5, 5.41) is 0. The van der Waals surface area contributed by atoms with Gasteiger partial charge in [-0.15, -0.1) is 0 Å². The number of amides is 1. The molecular weight excluding hydrogens is 398 g/mol. The van der Waals surface area contributed by atoms with Crippen molar-refractivity contribution in [1.29, 1.82) is 0 Å². The number of likely N-dealkylation sites (tertiary alicyclic amines) is 1. The molecule has 1 aliphatic heterocycles. The number of methoxy groups -OCH3 is 1. The first kappa shape index (κ1) is 22.3. The standard InChI is InChI=1S/C24H27NO6/c1-17(26)19-11-12-20(21(15-19)29-2)30-16-22(27)31-23(18-9-5-3-6-10-18)24(28)25-13-7-4-8-14-25/h3,5-6,9-12,15,23H,4,7-8,13-14,16H2,1-2H3/t23-/m1/s1. The van der Waals surface area contributed by atoms with Crippen LogP contribution in [-0.4, -0.2) is 49.4 Å². The predicted octanol–water partition coefficient (Wildman–Crippen LogP) is 3.57. The summed E-state index contributed by atoms with van der Waals surface area (Å²) < 4.78 is 16.4. The van der Waals surface area contributed by atoms with E-state index in [2.05, 4.69) is 0 Å². The van der Waals surface area contributed by atoms with E-state index in [1.807, 2.05) is 6.07 Å². The second kappa shape index (κ2) is 10.6. The zero-order valence-corrected chi connectivity index (χ0v) is 17.8. The van der Waals surface area contributed by atoms with E-state index in [-0.39, 0.29) is 11.7 Å². The van der Waals surface area contributed by atoms with Gasteiger partial charge >= 0.3 is 5.97 Å². The van der Waals surface area contributed by atoms with Crippen LogP contribution < -0.4 is 9.47 Å². The van der Waals surface area contributed by atoms with Crippen molar-refractivity contribution in [2.75, 3.05) is 26.8 Å². The Morgan fingerprint density at radius 3 is 2.32 bits per heavy atom. The molecule has 0 aromatic heterocycles. The first-order chi connectivity index (χ1) is 15.0. The molecule has 1 atom stereocenters. The number of carbonyl (C=O) groups excluding carboxylic acids is 3. The zero-order chi connectivity index (χ0) is 22.2. The van der Waals surface area contributed by atoms with Crippen molar-refractivity contribution in [3.63, 3.8) is 0 Å². The minimum Gasteiger partial charge on any atom is -0.493 e. The van der Waals surface area contributed by atoms with Gasteiger partial charge in [-0.3, -0.25) is 9.59 Å². The van der Waals surface area contributed by atoms with Gasteiger partial charge in [-0.2, -0.15) is 0 Å². The van der Waals surface area contributed by atoms with Gasteiger partial charge in [0.25, 0.3) is 5.91 Å². The van der Waals surface area contributed by atoms with Crippen LogP contribution in [0.15, 0.2) is 48.5 Å². The highest BCUT2D eigenvalue weighted by atomic mass is 16.6. The summed E-state index contributed by atoms with van der Waals surface area (Å²) in [6, 6.07) is 13.7. The Balaban J connectivity index is 1.69. The van der Waals surface area contributed by atoms with E-state index in [0.717, 1.165) is 19.3 Å². The fourth-order valence-corrected chi connectivity index (χ4v) is 3.48. The number of hydrogen-bond donors (Lipinski definition) is 0. The number of piperidine rings is 1. The number of ether oxygens (including phenoxy) is 3. The highest BCUT2D eigenvalue weighted by molar-refractivity contribution is 5.94. The van der Waals surface area contributed by atoms with Crippen LogP contribution in [0.3, 0.4) is 0 Å². The molecule has 7 nitrogen and oxygen atoms in total. The third-order valence-corrected chi connectivity index (χ3v) is 5.16. The van der Waals surface area contributed by atoms with Gasteiger partial charge in [-0.25, -0.2) is 4.79 Å². The molecule has 1 saturated heterocycles. The number of hydrogen-bond acceptors (Lipinski definition) is 6. The topological polar surface area (TPSA) is 82.1 Å². The summed E-state index contributed by atoms with van der Waals surface area (Å²) in [5.41, 5.74) is 1.10. The van der Waals surface area contributed by atoms with Gasteiger partial charge < -0.3 is 19.1 Å². The third-order valence-electron chi connectivity index (χ3n) is 5.16. The Bertz CT molecular complexity index is 921. The Morgan fingerprint density at radius 1 is 0.968 bits per heavy atom. The minimum atomic E-state index is -1.02. The number of Topliss-reactive ketones (excluding diaryl/α,β-unsaturated/α-hetero) is 1. The summed E-state index contributed by atoms with van der Waals surface area (Å²) in [6.07, 6.45) is 1.97. The molecule has 2 aromatic carbocycles. The third kappa shape index (κ3) is 5.84. The van der Waals surface area contributed by atoms with Crippen LogP contribution in [0.1, 0.15) is 48.2 Å². The quantitative estimate of drug-likeness (QED) is 0.475. The smallest absolute Gasteiger partial charge is 0.345 e. The van der Waals surface area contributed by atoms with Gasteiger partial charge in [0.05, 0.1) is 7.11 Å². The largest absolute Gasteiger partial charge is 0.493 e. The van der Waals surface area contributed by atoms with E-state index < -0.39 is 18.7 Å². The van der Waals surface area contributed by atoms with Crippen molar-refractivity contribution in [2.24, 2.45) is 0 Å². The second-order valence-electron chi connectivity index (χ2n) is 7.38. The first-order valence-electron chi connectivity index (χ1n) is 10.3. The number of nitrogens with zero attached hydrogens (tertiary/aromatic N) is 1. The molecule has 0 N–H and O–H groups in total. The molecule has 1 fully saturated rings. The van der Waals surface area contributed by atoms with Crippen molar-refractivity contribution in [2.45, 2.75) is 32.3 Å². The minimum absolute atomic E-state index is 0.105. The monoisotopic (exact) mass is 425 g/mol. The summed E-state index contributed by atoms with van der Waals surface area (Å²) in [6.45, 7) is 2.38. The molecule has 164 valence electrons. The van der Waals surface area contributed by atoms with E-state index in [9.17, 15) is 14.4 Å². The number of ketones is 1. The molecule has 31 heavy (non-hydrogen) atoms. The maximum atomic E-state index is 13.1. The van der Waals surface area contributed by atoms with Crippen molar-refractivity contribution < 1.29 is 28.6 Å². The molecule has 7 heteroatoms. The normalized spacial score (nSPS) is 14.5. The molecule has 1 heterocycles. The number of carbonyl (C=O) groups is 3. The van der Waals surface area contributed by atoms with Crippen molar-refractivity contribution in [1.82, 2.24) is 4.90 Å². The average Bonchev–Trinajstić information content (AvgIpc) is 2.81. The molecule has 0 spiro atoms. The Kier molecular flexibility index (Phi) is 7.65. The van der Waals surface area contributed by atoms with Crippen LogP contribution in [0.25, 0.3) is 0 Å². The molecule has 0 aliphatic carbocycles. The van der Waals surface area contributed by atoms with Gasteiger partial charge in [-0.05, 0) is 44.4 Å². The van der Waals surface area contributed by atoms with E-state index >= 15 is 0 Å². The Morgan fingerprint density at radius 2 is 1.68 bits per heavy atom. The molecule has 0 radical (unpaired) electrons. The maximum Gasteiger partial charge on any atom is 0.345 e. The Labute approximate surface area is 181 Å². The number of esters is 1. The Hall–Kier alpha value is -3.35. The lowest BCUT2D eigenvalue weighted by Crippen LogP contribution is -2.40. The lowest BCUT2D eigenvalue weighted by molar-refractivity contribution is -0.163. The van der Waals surface area contributed by atoms with Crippen LogP contribution in [0, 0.1) is 0 Å². The van der Waals surface area contributed by atoms with Gasteiger partial charge in [0.15, 0.2) is 23.9 Å². The molecule has 0 unspecified atom stereocenters. The average molecular weight is 425 g/mol. The summed E-state index contributed by atoms with van der Waals surface area (Å²) >= 11 is 0. The summed E-state index contributed by atoms with van der Waals surface area (Å²) in [4.78, 5) is 38.9. The van der Waals surface area contributed by atoms with Crippen molar-refractivity contribution in [3.05, 3.63) is 59.7 Å². The fraction of sp³-hybridized carbons (Fsp3) is 0.375. The molecule has 2 aromatic rings. The molecule has 0 saturated carbocycles. The predicted molar refractivity (Wildman–Crippen MR) is 114 cm³/mol. The molecule has 1 amide bonds. The van der Waals surface area contributed by atoms with Crippen molar-refractivity contribution in [3.8, 4) is 11.5 Å². The second-order valence-corrected chi connectivity index (χ2v) is 7.38. The van der Waals surface area contributed by atoms with Crippen LogP contribution in [-0.2, 0) is 14.3 Å². The lowest BCUT2D eigenvalue weighted by Gasteiger charge is -2.30. The summed E-state index contributed by atoms with van der Waals surface area (Å²) in [7, 11) is 1.45. The van der Waals surface area contributed by atoms with E-state index in [4.69, 9.17) is 14.2 Å². The SMILES string of the molecule is COc1cc(C(C)=O)ccc1OCC(=O)O[C@@H](C(=O)N1CCCCC1)c1ccccc1. The summed E-state index contributed by atoms with van der Waals surface area (Å²) in [5.74, 6) is -0.349. The maximum absolute atomic E-state index is 13.1. The van der Waals surface area contributed by atoms with Gasteiger partial charge in [0, 0.05) is 24.2 Å². The lowest BCUT2D eigenvalue weighted by atomic mass is 10.1. The van der Waals surface area contributed by atoms with E-state index in [0.29, 0.717) is 35.7 Å². The van der Waals surface area contributed by atoms with Crippen molar-refractivity contribution >= 4 is 17.7 Å². The van der Waals surface area contributed by atoms with Crippen LogP contribution >= 0.6 is 0 Å². The van der Waals surface area contributed by atoms with Gasteiger partial charge in [0.1, 0.15) is 0 Å². The van der Waals surface area contributed by atoms with Crippen LogP contribution in [0.4, 0.5) is 0 Å². The van der Waals surface area contributed by atoms with Gasteiger partial charge in [-0.1, -0.05) is 30.3 Å². The van der Waals surface area contributed by atoms with Crippen LogP contribution in [0.2, 0.25) is 0 Å². The molecule has 3 rings (SSSR count). The molecular formula is C24H27NO6. The number of benzene rings is 2. The molecule has 0 bridgehead atoms. The highest BCUT2D eigenvalue weighted by Gasteiger charge is 2.30. The molecule has 1 aliphatic rings. The fourth-order valence-electron chi connectivity index (χ4n) is 3.48.